The first-order valence-corrected chi connectivity index (χ1v) is 6.32. The molecule has 0 amide bonds. The molecule has 1 aromatic carbocycles. The Morgan fingerprint density at radius 3 is 2.47 bits per heavy atom. The summed E-state index contributed by atoms with van der Waals surface area (Å²) in [5.41, 5.74) is -1.10. The lowest BCUT2D eigenvalue weighted by molar-refractivity contribution is -0.145. The van der Waals surface area contributed by atoms with Crippen LogP contribution in [-0.4, -0.2) is 23.3 Å². The number of carboxylic acids is 1. The van der Waals surface area contributed by atoms with Crippen molar-refractivity contribution in [2.24, 2.45) is 0 Å². The van der Waals surface area contributed by atoms with E-state index in [0.29, 0.717) is 12.8 Å². The minimum atomic E-state index is -1.21. The largest absolute Gasteiger partial charge is 0.504 e. The normalized spacial score (nSPS) is 18.0. The summed E-state index contributed by atoms with van der Waals surface area (Å²) in [4.78, 5) is 11.6. The van der Waals surface area contributed by atoms with E-state index in [0.717, 1.165) is 19.3 Å². The van der Waals surface area contributed by atoms with Crippen molar-refractivity contribution in [2.45, 2.75) is 37.5 Å². The maximum atomic E-state index is 14.4. The monoisotopic (exact) mass is 268 g/mol. The molecule has 0 heterocycles. The van der Waals surface area contributed by atoms with Gasteiger partial charge in [0, 0.05) is 5.56 Å². The quantitative estimate of drug-likeness (QED) is 0.884. The van der Waals surface area contributed by atoms with Gasteiger partial charge in [-0.2, -0.15) is 0 Å². The molecule has 1 aliphatic carbocycles. The fourth-order valence-corrected chi connectivity index (χ4v) is 2.86. The van der Waals surface area contributed by atoms with Gasteiger partial charge in [0.1, 0.15) is 0 Å². The number of rotatable bonds is 3. The third kappa shape index (κ3) is 2.13. The van der Waals surface area contributed by atoms with Gasteiger partial charge in [-0.1, -0.05) is 25.3 Å². The van der Waals surface area contributed by atoms with Gasteiger partial charge in [-0.25, -0.2) is 4.39 Å². The molecule has 1 aliphatic rings. The molecular weight excluding hydrogens is 251 g/mol. The van der Waals surface area contributed by atoms with Crippen molar-refractivity contribution in [1.82, 2.24) is 0 Å². The standard InChI is InChI=1S/C14H17FO4/c1-19-12-10(16)6-5-9(11(12)15)14(13(17)18)7-3-2-4-8-14/h5-6,16H,2-4,7-8H2,1H3,(H,17,18). The Bertz CT molecular complexity index is 492. The number of hydrogen-bond acceptors (Lipinski definition) is 3. The minimum absolute atomic E-state index is 0.106. The fourth-order valence-electron chi connectivity index (χ4n) is 2.86. The number of halogens is 1. The zero-order valence-corrected chi connectivity index (χ0v) is 10.8. The number of aliphatic carboxylic acids is 1. The van der Waals surface area contributed by atoms with Crippen LogP contribution in [0.15, 0.2) is 12.1 Å². The van der Waals surface area contributed by atoms with Crippen LogP contribution in [0.5, 0.6) is 11.5 Å². The van der Waals surface area contributed by atoms with Gasteiger partial charge in [0.05, 0.1) is 12.5 Å². The van der Waals surface area contributed by atoms with Crippen molar-refractivity contribution in [2.75, 3.05) is 7.11 Å². The highest BCUT2D eigenvalue weighted by molar-refractivity contribution is 5.82. The molecule has 0 radical (unpaired) electrons. The van der Waals surface area contributed by atoms with Crippen LogP contribution in [0.4, 0.5) is 4.39 Å². The summed E-state index contributed by atoms with van der Waals surface area (Å²) in [7, 11) is 1.25. The number of carboxylic acid groups (broad SMARTS) is 1. The van der Waals surface area contributed by atoms with E-state index in [1.165, 1.54) is 19.2 Å². The van der Waals surface area contributed by atoms with Crippen molar-refractivity contribution in [3.8, 4) is 11.5 Å². The Kier molecular flexibility index (Phi) is 3.64. The van der Waals surface area contributed by atoms with Crippen molar-refractivity contribution < 1.29 is 24.1 Å². The Labute approximate surface area is 110 Å². The first-order chi connectivity index (χ1) is 9.03. The Morgan fingerprint density at radius 2 is 1.95 bits per heavy atom. The van der Waals surface area contributed by atoms with E-state index in [1.807, 2.05) is 0 Å². The third-order valence-corrected chi connectivity index (χ3v) is 3.91. The molecule has 0 aliphatic heterocycles. The lowest BCUT2D eigenvalue weighted by atomic mass is 9.69. The maximum absolute atomic E-state index is 14.4. The van der Waals surface area contributed by atoms with E-state index >= 15 is 0 Å². The van der Waals surface area contributed by atoms with Gasteiger partial charge in [-0.3, -0.25) is 4.79 Å². The van der Waals surface area contributed by atoms with Gasteiger partial charge >= 0.3 is 5.97 Å². The maximum Gasteiger partial charge on any atom is 0.314 e. The van der Waals surface area contributed by atoms with Crippen LogP contribution in [-0.2, 0) is 10.2 Å². The Hall–Kier alpha value is -1.78. The predicted octanol–water partition coefficient (Wildman–Crippen LogP) is 2.83. The first kappa shape index (κ1) is 13.6. The summed E-state index contributed by atoms with van der Waals surface area (Å²) in [6.45, 7) is 0. The number of phenolic OH excluding ortho intramolecular Hbond substituents is 1. The second-order valence-corrected chi connectivity index (χ2v) is 4.93. The molecule has 19 heavy (non-hydrogen) atoms. The van der Waals surface area contributed by atoms with E-state index in [1.54, 1.807) is 0 Å². The van der Waals surface area contributed by atoms with Gasteiger partial charge < -0.3 is 14.9 Å². The Morgan fingerprint density at radius 1 is 1.32 bits per heavy atom. The number of hydrogen-bond donors (Lipinski definition) is 2. The molecule has 2 N–H and O–H groups in total. The molecule has 1 saturated carbocycles. The van der Waals surface area contributed by atoms with Crippen LogP contribution in [0.3, 0.4) is 0 Å². The molecule has 0 bridgehead atoms. The zero-order valence-electron chi connectivity index (χ0n) is 10.8. The number of ether oxygens (including phenoxy) is 1. The van der Waals surface area contributed by atoms with E-state index in [2.05, 4.69) is 0 Å². The number of carbonyl (C=O) groups is 1. The molecule has 4 nitrogen and oxygen atoms in total. The predicted molar refractivity (Wildman–Crippen MR) is 67.0 cm³/mol. The van der Waals surface area contributed by atoms with Crippen LogP contribution in [0.2, 0.25) is 0 Å². The van der Waals surface area contributed by atoms with E-state index < -0.39 is 17.2 Å². The molecule has 0 unspecified atom stereocenters. The van der Waals surface area contributed by atoms with Gasteiger partial charge in [-0.15, -0.1) is 0 Å². The molecule has 0 atom stereocenters. The number of methoxy groups -OCH3 is 1. The SMILES string of the molecule is COc1c(O)ccc(C2(C(=O)O)CCCCC2)c1F. The first-order valence-electron chi connectivity index (χ1n) is 6.32. The summed E-state index contributed by atoms with van der Waals surface area (Å²) >= 11 is 0. The smallest absolute Gasteiger partial charge is 0.314 e. The summed E-state index contributed by atoms with van der Waals surface area (Å²) in [5, 5.41) is 19.1. The number of benzene rings is 1. The highest BCUT2D eigenvalue weighted by Gasteiger charge is 2.44. The van der Waals surface area contributed by atoms with Crippen LogP contribution < -0.4 is 4.74 Å². The number of aromatic hydroxyl groups is 1. The lowest BCUT2D eigenvalue weighted by Gasteiger charge is -2.34. The fraction of sp³-hybridized carbons (Fsp3) is 0.500. The van der Waals surface area contributed by atoms with Gasteiger partial charge in [0.25, 0.3) is 0 Å². The molecule has 2 rings (SSSR count). The second kappa shape index (κ2) is 5.07. The Balaban J connectivity index is 2.57. The van der Waals surface area contributed by atoms with Crippen molar-refractivity contribution in [3.63, 3.8) is 0 Å². The highest BCUT2D eigenvalue weighted by Crippen LogP contribution is 2.44. The highest BCUT2D eigenvalue weighted by atomic mass is 19.1. The van der Waals surface area contributed by atoms with Crippen molar-refractivity contribution in [3.05, 3.63) is 23.5 Å². The molecule has 0 saturated heterocycles. The molecular formula is C14H17FO4. The second-order valence-electron chi connectivity index (χ2n) is 4.93. The molecule has 1 fully saturated rings. The third-order valence-electron chi connectivity index (χ3n) is 3.91. The molecule has 1 aromatic rings. The van der Waals surface area contributed by atoms with Crippen molar-refractivity contribution in [1.29, 1.82) is 0 Å². The zero-order chi connectivity index (χ0) is 14.0. The summed E-state index contributed by atoms with van der Waals surface area (Å²) in [5.74, 6) is -2.39. The van der Waals surface area contributed by atoms with Gasteiger partial charge in [-0.05, 0) is 18.9 Å². The molecule has 0 aromatic heterocycles. The molecule has 5 heteroatoms. The van der Waals surface area contributed by atoms with Crippen LogP contribution in [0.1, 0.15) is 37.7 Å². The van der Waals surface area contributed by atoms with Crippen LogP contribution >= 0.6 is 0 Å². The van der Waals surface area contributed by atoms with E-state index in [9.17, 15) is 19.4 Å². The van der Waals surface area contributed by atoms with Crippen LogP contribution in [0.25, 0.3) is 0 Å². The van der Waals surface area contributed by atoms with Crippen molar-refractivity contribution >= 4 is 5.97 Å². The lowest BCUT2D eigenvalue weighted by Crippen LogP contribution is -2.38. The average molecular weight is 268 g/mol. The summed E-state index contributed by atoms with van der Waals surface area (Å²) in [6.07, 6.45) is 3.30. The van der Waals surface area contributed by atoms with Gasteiger partial charge in [0.2, 0.25) is 0 Å². The summed E-state index contributed by atoms with van der Waals surface area (Å²) in [6, 6.07) is 2.64. The van der Waals surface area contributed by atoms with E-state index in [-0.39, 0.29) is 17.1 Å². The molecule has 0 spiro atoms. The van der Waals surface area contributed by atoms with Gasteiger partial charge in [0.15, 0.2) is 17.3 Å². The van der Waals surface area contributed by atoms with E-state index in [4.69, 9.17) is 4.74 Å². The summed E-state index contributed by atoms with van der Waals surface area (Å²) < 4.78 is 19.2. The van der Waals surface area contributed by atoms with Crippen LogP contribution in [0, 0.1) is 5.82 Å². The average Bonchev–Trinajstić information content (AvgIpc) is 2.40. The molecule has 104 valence electrons. The number of phenols is 1. The topological polar surface area (TPSA) is 66.8 Å². The minimum Gasteiger partial charge on any atom is -0.504 e.